The highest BCUT2D eigenvalue weighted by Crippen LogP contribution is 2.15. The molecule has 1 aromatic rings. The van der Waals surface area contributed by atoms with E-state index in [0.29, 0.717) is 89.0 Å². The number of guanidine groups is 2. The van der Waals surface area contributed by atoms with Crippen LogP contribution >= 0.6 is 0 Å². The molecular weight excluding hydrogens is 1240 g/mol. The standard InChI is InChI=1S/C59H105N17O11.C2HF3O2/c1-7-13-22-40(51(81)68-36-48(78)69-47(49(61)79)35-37-29-31-38(77)32-30-37)71-53(83)42(24-15-9-3)73-55(85)44(26-17-11-5)75-57(87)46(28-20-34-67-59(64)65)76-56(86)45(27-18-12-6)74-54(84)43(25-16-10-4)72-52(82)41(23-14-8-2)70-50(80)39(60)21-19-33-66-58(62)63;3-2(4,5)1(6)7/h29-32,39-47,77H,7-28,33-36,60H2,1-6H3,(H2,61,79)(H,68,81)(H,69,78)(H,70,80)(H,71,83)(H,72,82)(H,73,85)(H,74,84)(H,75,87)(H,76,86)(H4,62,63,66)(H4,64,65,67);(H,6,7)/t39-,40-,41-,42-,43-,44-,45-,46-,47-;/m1./s1. The average Bonchev–Trinajstić information content (AvgIpc) is 1.01. The van der Waals surface area contributed by atoms with E-state index in [4.69, 9.17) is 44.3 Å². The minimum atomic E-state index is -5.08. The maximum Gasteiger partial charge on any atom is 0.490 e. The van der Waals surface area contributed by atoms with E-state index < -0.39 is 132 Å². The number of unbranched alkanes of at least 4 members (excludes halogenated alkanes) is 6. The third-order valence-corrected chi connectivity index (χ3v) is 14.5. The summed E-state index contributed by atoms with van der Waals surface area (Å²) >= 11 is 0. The second-order valence-electron chi connectivity index (χ2n) is 22.7. The van der Waals surface area contributed by atoms with Crippen molar-refractivity contribution in [3.63, 3.8) is 0 Å². The molecule has 0 radical (unpaired) electrons. The van der Waals surface area contributed by atoms with E-state index in [1.807, 2.05) is 41.5 Å². The van der Waals surface area contributed by atoms with E-state index in [0.717, 1.165) is 0 Å². The van der Waals surface area contributed by atoms with Crippen LogP contribution in [0, 0.1) is 0 Å². The maximum atomic E-state index is 14.5. The number of aliphatic imine (C=N–C) groups is 2. The van der Waals surface area contributed by atoms with Crippen molar-refractivity contribution in [3.05, 3.63) is 29.8 Å². The molecule has 534 valence electrons. The molecule has 1 rings (SSSR count). The van der Waals surface area contributed by atoms with Gasteiger partial charge in [-0.2, -0.15) is 13.2 Å². The number of alkyl halides is 3. The number of carboxylic acids is 1. The van der Waals surface area contributed by atoms with Crippen molar-refractivity contribution in [1.29, 1.82) is 0 Å². The molecule has 0 heterocycles. The number of carbonyl (C=O) groups excluding carboxylic acids is 10. The highest BCUT2D eigenvalue weighted by molar-refractivity contribution is 5.98. The lowest BCUT2D eigenvalue weighted by molar-refractivity contribution is -0.192. The third kappa shape index (κ3) is 37.9. The third-order valence-electron chi connectivity index (χ3n) is 14.5. The van der Waals surface area contributed by atoms with Crippen LogP contribution in [0.3, 0.4) is 0 Å². The molecule has 10 amide bonds. The summed E-state index contributed by atoms with van der Waals surface area (Å²) in [5, 5.41) is 41.3. The Hall–Kier alpha value is -8.52. The Morgan fingerprint density at radius 2 is 0.702 bits per heavy atom. The molecule has 0 aromatic heterocycles. The molecule has 0 saturated carbocycles. The van der Waals surface area contributed by atoms with E-state index in [2.05, 4.69) is 57.8 Å². The summed E-state index contributed by atoms with van der Waals surface area (Å²) in [6.45, 7) is 11.2. The van der Waals surface area contributed by atoms with Crippen molar-refractivity contribution < 1.29 is 76.1 Å². The summed E-state index contributed by atoms with van der Waals surface area (Å²) in [6.07, 6.45) is 3.87. The van der Waals surface area contributed by atoms with Crippen LogP contribution in [-0.4, -0.2) is 167 Å². The number of nitrogens with zero attached hydrogens (tertiary/aromatic N) is 2. The molecule has 0 saturated heterocycles. The van der Waals surface area contributed by atoms with E-state index in [1.165, 1.54) is 12.1 Å². The van der Waals surface area contributed by atoms with Gasteiger partial charge in [0.25, 0.3) is 0 Å². The summed E-state index contributed by atoms with van der Waals surface area (Å²) in [6, 6.07) is -4.22. The predicted molar refractivity (Wildman–Crippen MR) is 348 cm³/mol. The van der Waals surface area contributed by atoms with Crippen LogP contribution in [-0.2, 0) is 59.2 Å². The van der Waals surface area contributed by atoms with E-state index >= 15 is 0 Å². The number of benzene rings is 1. The first-order valence-electron chi connectivity index (χ1n) is 32.3. The van der Waals surface area contributed by atoms with Crippen molar-refractivity contribution in [2.75, 3.05) is 19.6 Å². The largest absolute Gasteiger partial charge is 0.508 e. The summed E-state index contributed by atoms with van der Waals surface area (Å²) in [5.41, 5.74) is 34.3. The molecule has 30 nitrogen and oxygen atoms in total. The van der Waals surface area contributed by atoms with Crippen LogP contribution in [0.1, 0.15) is 188 Å². The SMILES string of the molecule is CCCC[C@@H](NC(=O)[C@H](N)CCCN=C(N)N)C(=O)N[C@H](CCCC)C(=O)N[C@H](CCCC)C(=O)N[C@H](CCCN=C(N)N)C(=O)N[C@H](CCCC)C(=O)N[C@H](CCCC)C(=O)N[C@H](CCCC)C(=O)NCC(=O)N[C@H](Cc1ccc(O)cc1)C(N)=O.O=C(O)C(F)(F)F. The number of carboxylic acid groups (broad SMARTS) is 1. The van der Waals surface area contributed by atoms with Crippen LogP contribution < -0.4 is 82.3 Å². The zero-order valence-corrected chi connectivity index (χ0v) is 55.3. The monoisotopic (exact) mass is 1340 g/mol. The first-order chi connectivity index (χ1) is 44.4. The van der Waals surface area contributed by atoms with Gasteiger partial charge in [-0.25, -0.2) is 4.79 Å². The highest BCUT2D eigenvalue weighted by atomic mass is 19.4. The Labute approximate surface area is 548 Å². The van der Waals surface area contributed by atoms with E-state index in [9.17, 15) is 66.2 Å². The fourth-order valence-electron chi connectivity index (χ4n) is 9.02. The van der Waals surface area contributed by atoms with Gasteiger partial charge in [0.15, 0.2) is 11.9 Å². The molecular formula is C61H106F3N17O13. The van der Waals surface area contributed by atoms with Gasteiger partial charge in [-0.05, 0) is 81.9 Å². The zero-order chi connectivity index (χ0) is 71.3. The van der Waals surface area contributed by atoms with Gasteiger partial charge in [-0.15, -0.1) is 0 Å². The number of aromatic hydroxyl groups is 1. The normalized spacial score (nSPS) is 13.9. The number of carbonyl (C=O) groups is 11. The molecule has 0 fully saturated rings. The summed E-state index contributed by atoms with van der Waals surface area (Å²) in [4.78, 5) is 154. The number of rotatable bonds is 47. The first-order valence-corrected chi connectivity index (χ1v) is 32.3. The van der Waals surface area contributed by atoms with Gasteiger partial charge in [-0.3, -0.25) is 57.9 Å². The number of nitrogens with one attached hydrogen (secondary N) is 9. The fraction of sp³-hybridized carbons (Fsp3) is 0.689. The highest BCUT2D eigenvalue weighted by Gasteiger charge is 2.39. The van der Waals surface area contributed by atoms with Crippen LogP contribution in [0.4, 0.5) is 13.2 Å². The van der Waals surface area contributed by atoms with Gasteiger partial charge in [0.1, 0.15) is 54.1 Å². The van der Waals surface area contributed by atoms with E-state index in [1.54, 1.807) is 12.1 Å². The lowest BCUT2D eigenvalue weighted by Crippen LogP contribution is -2.60. The molecule has 33 heteroatoms. The van der Waals surface area contributed by atoms with Crippen molar-refractivity contribution in [3.8, 4) is 5.75 Å². The number of hydrogen-bond acceptors (Lipinski definition) is 15. The van der Waals surface area contributed by atoms with Crippen molar-refractivity contribution in [2.24, 2.45) is 44.4 Å². The van der Waals surface area contributed by atoms with Gasteiger partial charge < -0.3 is 92.5 Å². The molecule has 94 heavy (non-hydrogen) atoms. The molecule has 0 bridgehead atoms. The summed E-state index contributed by atoms with van der Waals surface area (Å²) in [5.74, 6) is -9.91. The number of primary amides is 1. The maximum absolute atomic E-state index is 14.5. The van der Waals surface area contributed by atoms with Gasteiger partial charge in [-0.1, -0.05) is 131 Å². The Balaban J connectivity index is 0.0000116. The molecule has 0 aliphatic carbocycles. The number of phenolic OH excluding ortho intramolecular Hbond substituents is 1. The Kier molecular flexibility index (Phi) is 43.9. The number of halogens is 3. The molecule has 9 atom stereocenters. The predicted octanol–water partition coefficient (Wildman–Crippen LogP) is 0.624. The second-order valence-corrected chi connectivity index (χ2v) is 22.7. The molecule has 0 aliphatic heterocycles. The minimum Gasteiger partial charge on any atom is -0.508 e. The molecule has 23 N–H and O–H groups in total. The number of nitrogens with two attached hydrogens (primary N) is 6. The number of aliphatic carboxylic acids is 1. The Morgan fingerprint density at radius 1 is 0.426 bits per heavy atom. The van der Waals surface area contributed by atoms with Crippen LogP contribution in [0.5, 0.6) is 5.75 Å². The minimum absolute atomic E-state index is 0.0131. The van der Waals surface area contributed by atoms with Gasteiger partial charge in [0.05, 0.1) is 12.6 Å². The van der Waals surface area contributed by atoms with Crippen molar-refractivity contribution in [2.45, 2.75) is 250 Å². The van der Waals surface area contributed by atoms with Crippen LogP contribution in [0.25, 0.3) is 0 Å². The summed E-state index contributed by atoms with van der Waals surface area (Å²) < 4.78 is 31.7. The number of hydrogen-bond donors (Lipinski definition) is 17. The summed E-state index contributed by atoms with van der Waals surface area (Å²) in [7, 11) is 0. The molecule has 0 aliphatic rings. The van der Waals surface area contributed by atoms with Gasteiger partial charge in [0.2, 0.25) is 59.1 Å². The van der Waals surface area contributed by atoms with E-state index in [-0.39, 0.29) is 95.0 Å². The van der Waals surface area contributed by atoms with Crippen molar-refractivity contribution >= 4 is 77.0 Å². The van der Waals surface area contributed by atoms with Crippen LogP contribution in [0.2, 0.25) is 0 Å². The van der Waals surface area contributed by atoms with Crippen molar-refractivity contribution in [1.82, 2.24) is 47.9 Å². The smallest absolute Gasteiger partial charge is 0.490 e. The zero-order valence-electron chi connectivity index (χ0n) is 55.3. The lowest BCUT2D eigenvalue weighted by Gasteiger charge is -2.28. The van der Waals surface area contributed by atoms with Gasteiger partial charge >= 0.3 is 12.1 Å². The number of phenols is 1. The topological polar surface area (TPSA) is 517 Å². The number of amides is 10. The molecule has 0 spiro atoms. The second kappa shape index (κ2) is 48.2. The average molecular weight is 1340 g/mol. The Morgan fingerprint density at radius 3 is 0.979 bits per heavy atom. The molecule has 0 unspecified atom stereocenters. The first kappa shape index (κ1) is 85.5. The van der Waals surface area contributed by atoms with Crippen LogP contribution in [0.15, 0.2) is 34.3 Å². The Bertz CT molecular complexity index is 2580. The van der Waals surface area contributed by atoms with Gasteiger partial charge in [0, 0.05) is 19.5 Å². The fourth-order valence-corrected chi connectivity index (χ4v) is 9.02. The lowest BCUT2D eigenvalue weighted by atomic mass is 10.0. The quantitative estimate of drug-likeness (QED) is 0.0242. The molecule has 1 aromatic carbocycles.